The molecule has 1 aromatic carbocycles. The van der Waals surface area contributed by atoms with E-state index in [-0.39, 0.29) is 17.0 Å². The summed E-state index contributed by atoms with van der Waals surface area (Å²) in [5, 5.41) is 13.4. The van der Waals surface area contributed by atoms with Crippen molar-refractivity contribution in [2.24, 2.45) is 5.73 Å². The number of pyridine rings is 1. The summed E-state index contributed by atoms with van der Waals surface area (Å²) in [6.07, 6.45) is 13.4. The molecule has 41 heavy (non-hydrogen) atoms. The summed E-state index contributed by atoms with van der Waals surface area (Å²) >= 11 is 12.5. The highest BCUT2D eigenvalue weighted by molar-refractivity contribution is 6.36. The molecule has 2 aliphatic rings. The highest BCUT2D eigenvalue weighted by Crippen LogP contribution is 2.36. The molecule has 1 aliphatic carbocycles. The second kappa shape index (κ2) is 12.7. The fourth-order valence-corrected chi connectivity index (χ4v) is 5.88. The number of carbonyl (C=O) groups is 1. The average Bonchev–Trinajstić information content (AvgIpc) is 3.41. The van der Waals surface area contributed by atoms with Crippen LogP contribution in [-0.4, -0.2) is 50.5 Å². The number of ether oxygens (including phenoxy) is 1. The maximum absolute atomic E-state index is 14.1. The van der Waals surface area contributed by atoms with Crippen molar-refractivity contribution in [3.8, 4) is 0 Å². The summed E-state index contributed by atoms with van der Waals surface area (Å²) in [7, 11) is 0. The molecular formula is C30H31Cl2FN6O2. The van der Waals surface area contributed by atoms with Crippen molar-refractivity contribution < 1.29 is 13.9 Å². The van der Waals surface area contributed by atoms with Crippen LogP contribution in [0.5, 0.6) is 0 Å². The lowest BCUT2D eigenvalue weighted by molar-refractivity contribution is -0.134. The molecule has 8 nitrogen and oxygen atoms in total. The van der Waals surface area contributed by atoms with Crippen molar-refractivity contribution in [1.29, 1.82) is 5.41 Å². The summed E-state index contributed by atoms with van der Waals surface area (Å²) in [6, 6.07) is 5.66. The van der Waals surface area contributed by atoms with Crippen LogP contribution in [0.2, 0.25) is 10.0 Å². The molecule has 1 aliphatic heterocycles. The SMILES string of the molecule is CC(OC1C=C(c2cnn(C3CCN(C(=O)C(N)c4cccnc4)CC3)c2)C=CCC1=N)c1c(Cl)ccc(F)c1Cl. The highest BCUT2D eigenvalue weighted by atomic mass is 35.5. The third-order valence-electron chi connectivity index (χ3n) is 7.54. The molecule has 0 saturated carbocycles. The summed E-state index contributed by atoms with van der Waals surface area (Å²) in [4.78, 5) is 18.8. The topological polar surface area (TPSA) is 110 Å². The smallest absolute Gasteiger partial charge is 0.244 e. The van der Waals surface area contributed by atoms with Gasteiger partial charge in [0.15, 0.2) is 0 Å². The van der Waals surface area contributed by atoms with Crippen molar-refractivity contribution >= 4 is 40.4 Å². The maximum Gasteiger partial charge on any atom is 0.244 e. The number of piperidine rings is 1. The van der Waals surface area contributed by atoms with Gasteiger partial charge < -0.3 is 20.8 Å². The number of halogens is 3. The fraction of sp³-hybridized carbons (Fsp3) is 0.333. The molecule has 3 heterocycles. The number of benzene rings is 1. The molecule has 3 atom stereocenters. The van der Waals surface area contributed by atoms with Crippen molar-refractivity contribution in [2.75, 3.05) is 13.1 Å². The number of amides is 1. The van der Waals surface area contributed by atoms with Crippen LogP contribution in [0.3, 0.4) is 0 Å². The summed E-state index contributed by atoms with van der Waals surface area (Å²) in [5.41, 5.74) is 9.37. The van der Waals surface area contributed by atoms with Gasteiger partial charge in [-0.3, -0.25) is 14.5 Å². The Bertz CT molecular complexity index is 1480. The lowest BCUT2D eigenvalue weighted by atomic mass is 10.0. The number of hydrogen-bond acceptors (Lipinski definition) is 6. The van der Waals surface area contributed by atoms with Gasteiger partial charge in [-0.15, -0.1) is 0 Å². The minimum Gasteiger partial charge on any atom is -0.360 e. The second-order valence-electron chi connectivity index (χ2n) is 10.2. The normalized spacial score (nSPS) is 19.5. The van der Waals surface area contributed by atoms with E-state index in [4.69, 9.17) is 39.1 Å². The molecule has 11 heteroatoms. The van der Waals surface area contributed by atoms with Crippen LogP contribution in [0.4, 0.5) is 4.39 Å². The first-order chi connectivity index (χ1) is 19.7. The number of nitrogens with zero attached hydrogens (tertiary/aromatic N) is 4. The van der Waals surface area contributed by atoms with E-state index in [0.717, 1.165) is 24.0 Å². The van der Waals surface area contributed by atoms with E-state index in [9.17, 15) is 9.18 Å². The lowest BCUT2D eigenvalue weighted by Gasteiger charge is -2.33. The van der Waals surface area contributed by atoms with Crippen molar-refractivity contribution in [3.63, 3.8) is 0 Å². The third kappa shape index (κ3) is 6.43. The van der Waals surface area contributed by atoms with E-state index >= 15 is 0 Å². The van der Waals surface area contributed by atoms with Crippen LogP contribution in [0, 0.1) is 11.2 Å². The van der Waals surface area contributed by atoms with E-state index in [1.807, 2.05) is 35.2 Å². The van der Waals surface area contributed by atoms with Crippen molar-refractivity contribution in [3.05, 3.63) is 99.8 Å². The molecule has 3 unspecified atom stereocenters. The summed E-state index contributed by atoms with van der Waals surface area (Å²) in [6.45, 7) is 2.92. The first kappa shape index (κ1) is 29.1. The Kier molecular flexibility index (Phi) is 8.99. The number of likely N-dealkylation sites (tertiary alicyclic amines) is 1. The number of nitrogens with two attached hydrogens (primary N) is 1. The molecule has 0 radical (unpaired) electrons. The number of aromatic nitrogens is 3. The van der Waals surface area contributed by atoms with Gasteiger partial charge >= 0.3 is 0 Å². The van der Waals surface area contributed by atoms with Crippen LogP contribution < -0.4 is 5.73 Å². The highest BCUT2D eigenvalue weighted by Gasteiger charge is 2.29. The molecule has 0 bridgehead atoms. The fourth-order valence-electron chi connectivity index (χ4n) is 5.20. The van der Waals surface area contributed by atoms with Gasteiger partial charge in [0.05, 0.1) is 23.4 Å². The maximum atomic E-state index is 14.1. The van der Waals surface area contributed by atoms with Crippen LogP contribution in [-0.2, 0) is 9.53 Å². The standard InChI is InChI=1S/C30H31Cl2FN6O2/c1-18(27-23(31)7-8-24(33)28(27)32)41-26-14-19(4-2-6-25(26)34)21-16-37-39(17-21)22-9-12-38(13-10-22)30(40)29(35)20-5-3-11-36-15-20/h2-5,7-8,11,14-18,22,26,29,34H,6,9-10,12-13,35H2,1H3. The number of rotatable bonds is 7. The first-order valence-electron chi connectivity index (χ1n) is 13.5. The van der Waals surface area contributed by atoms with Gasteiger partial charge in [-0.1, -0.05) is 41.4 Å². The summed E-state index contributed by atoms with van der Waals surface area (Å²) in [5.74, 6) is -0.677. The van der Waals surface area contributed by atoms with Gasteiger partial charge in [-0.2, -0.15) is 5.10 Å². The van der Waals surface area contributed by atoms with Gasteiger partial charge in [-0.25, -0.2) is 4.39 Å². The molecule has 0 spiro atoms. The van der Waals surface area contributed by atoms with Crippen LogP contribution in [0.15, 0.2) is 67.3 Å². The van der Waals surface area contributed by atoms with Crippen molar-refractivity contribution in [1.82, 2.24) is 19.7 Å². The molecule has 3 N–H and O–H groups in total. The average molecular weight is 598 g/mol. The Morgan fingerprint density at radius 3 is 2.73 bits per heavy atom. The van der Waals surface area contributed by atoms with E-state index in [1.165, 1.54) is 12.1 Å². The molecule has 5 rings (SSSR count). The van der Waals surface area contributed by atoms with Gasteiger partial charge in [-0.05, 0) is 55.2 Å². The Labute approximate surface area is 248 Å². The Morgan fingerprint density at radius 1 is 1.22 bits per heavy atom. The van der Waals surface area contributed by atoms with E-state index < -0.39 is 24.1 Å². The van der Waals surface area contributed by atoms with Gasteiger partial charge in [0.2, 0.25) is 5.91 Å². The Balaban J connectivity index is 1.26. The van der Waals surface area contributed by atoms with E-state index in [0.29, 0.717) is 41.4 Å². The van der Waals surface area contributed by atoms with Crippen LogP contribution in [0.1, 0.15) is 61.1 Å². The van der Waals surface area contributed by atoms with Crippen LogP contribution in [0.25, 0.3) is 5.57 Å². The zero-order valence-electron chi connectivity index (χ0n) is 22.5. The Morgan fingerprint density at radius 2 is 2.00 bits per heavy atom. The number of allylic oxidation sites excluding steroid dienone is 3. The Hall–Kier alpha value is -3.37. The molecule has 214 valence electrons. The molecular weight excluding hydrogens is 566 g/mol. The van der Waals surface area contributed by atoms with E-state index in [2.05, 4.69) is 10.1 Å². The number of nitrogens with one attached hydrogen (secondary N) is 1. The number of hydrogen-bond donors (Lipinski definition) is 2. The second-order valence-corrected chi connectivity index (χ2v) is 11.0. The third-order valence-corrected chi connectivity index (χ3v) is 8.25. The quantitative estimate of drug-likeness (QED) is 0.320. The van der Waals surface area contributed by atoms with E-state index in [1.54, 1.807) is 36.5 Å². The zero-order valence-corrected chi connectivity index (χ0v) is 24.0. The minimum atomic E-state index is -0.727. The predicted molar refractivity (Wildman–Crippen MR) is 157 cm³/mol. The molecule has 3 aromatic rings. The van der Waals surface area contributed by atoms with Gasteiger partial charge in [0.25, 0.3) is 0 Å². The molecule has 1 amide bonds. The predicted octanol–water partition coefficient (Wildman–Crippen LogP) is 6.10. The monoisotopic (exact) mass is 596 g/mol. The van der Waals surface area contributed by atoms with Crippen molar-refractivity contribution in [2.45, 2.75) is 50.5 Å². The molecule has 1 saturated heterocycles. The van der Waals surface area contributed by atoms with Gasteiger partial charge in [0, 0.05) is 60.0 Å². The minimum absolute atomic E-state index is 0.0828. The first-order valence-corrected chi connectivity index (χ1v) is 14.2. The van der Waals surface area contributed by atoms with Crippen LogP contribution >= 0.6 is 23.2 Å². The largest absolute Gasteiger partial charge is 0.360 e. The summed E-state index contributed by atoms with van der Waals surface area (Å²) < 4.78 is 22.2. The molecule has 2 aromatic heterocycles. The van der Waals surface area contributed by atoms with Gasteiger partial charge in [0.1, 0.15) is 18.0 Å². The molecule has 1 fully saturated rings. The lowest BCUT2D eigenvalue weighted by Crippen LogP contribution is -2.43. The number of carbonyl (C=O) groups excluding carboxylic acids is 1. The zero-order chi connectivity index (χ0) is 29.1.